The minimum absolute atomic E-state index is 0.000249. The Kier molecular flexibility index (Phi) is 15.2. The van der Waals surface area contributed by atoms with E-state index >= 15 is 0 Å². The van der Waals surface area contributed by atoms with Crippen LogP contribution in [0.15, 0.2) is 115 Å². The Bertz CT molecular complexity index is 1700. The van der Waals surface area contributed by atoms with E-state index in [1.165, 1.54) is 0 Å². The largest absolute Gasteiger partial charge is 0.497 e. The summed E-state index contributed by atoms with van der Waals surface area (Å²) < 4.78 is 31.2. The van der Waals surface area contributed by atoms with Crippen LogP contribution in [0, 0.1) is 0 Å². The Hall–Kier alpha value is -3.62. The second kappa shape index (κ2) is 19.0. The van der Waals surface area contributed by atoms with E-state index in [4.69, 9.17) is 23.1 Å². The van der Waals surface area contributed by atoms with Crippen molar-refractivity contribution in [2.75, 3.05) is 26.9 Å². The molecule has 0 unspecified atom stereocenters. The van der Waals surface area contributed by atoms with E-state index in [0.717, 1.165) is 21.7 Å². The first kappa shape index (κ1) is 44.1. The van der Waals surface area contributed by atoms with Gasteiger partial charge in [0.2, 0.25) is 0 Å². The maximum Gasteiger partial charge on any atom is 0.338 e. The van der Waals surface area contributed by atoms with Gasteiger partial charge in [0.15, 0.2) is 8.32 Å². The molecule has 0 bridgehead atoms. The van der Waals surface area contributed by atoms with E-state index in [1.807, 2.05) is 66.7 Å². The van der Waals surface area contributed by atoms with Crippen molar-refractivity contribution in [1.82, 2.24) is 0 Å². The van der Waals surface area contributed by atoms with Crippen LogP contribution in [0.3, 0.4) is 0 Å². The van der Waals surface area contributed by atoms with Gasteiger partial charge in [-0.1, -0.05) is 133 Å². The molecule has 55 heavy (non-hydrogen) atoms. The zero-order valence-corrected chi connectivity index (χ0v) is 36.2. The smallest absolute Gasteiger partial charge is 0.338 e. The van der Waals surface area contributed by atoms with E-state index in [-0.39, 0.29) is 36.1 Å². The van der Waals surface area contributed by atoms with Crippen molar-refractivity contribution in [2.24, 2.45) is 0 Å². The predicted molar refractivity (Wildman–Crippen MR) is 225 cm³/mol. The van der Waals surface area contributed by atoms with Gasteiger partial charge < -0.3 is 33.3 Å². The molecule has 3 atom stereocenters. The fourth-order valence-corrected chi connectivity index (χ4v) is 12.5. The summed E-state index contributed by atoms with van der Waals surface area (Å²) in [6.07, 6.45) is -1.85. The third-order valence-electron chi connectivity index (χ3n) is 10.8. The molecule has 0 aliphatic rings. The predicted octanol–water partition coefficient (Wildman–Crippen LogP) is 7.91. The van der Waals surface area contributed by atoms with Gasteiger partial charge in [0.05, 0.1) is 38.1 Å². The van der Waals surface area contributed by atoms with E-state index in [0.29, 0.717) is 12.2 Å². The lowest BCUT2D eigenvalue weighted by atomic mass is 9.90. The van der Waals surface area contributed by atoms with Crippen LogP contribution >= 0.6 is 0 Å². The molecular weight excluding hydrogens is 725 g/mol. The molecule has 10 heteroatoms. The van der Waals surface area contributed by atoms with Crippen molar-refractivity contribution in [1.29, 1.82) is 0 Å². The summed E-state index contributed by atoms with van der Waals surface area (Å²) in [5, 5.41) is 26.4. The Balaban J connectivity index is 1.63. The van der Waals surface area contributed by atoms with Crippen molar-refractivity contribution in [3.8, 4) is 5.75 Å². The van der Waals surface area contributed by atoms with Crippen LogP contribution in [-0.2, 0) is 24.9 Å². The van der Waals surface area contributed by atoms with Crippen LogP contribution < -0.4 is 15.1 Å². The monoisotopic (exact) mass is 786 g/mol. The van der Waals surface area contributed by atoms with Crippen LogP contribution in [-0.4, -0.2) is 77.6 Å². The molecule has 4 aromatic carbocycles. The normalized spacial score (nSPS) is 14.8. The summed E-state index contributed by atoms with van der Waals surface area (Å²) in [6, 6.07) is 36.9. The maximum absolute atomic E-state index is 13.2. The van der Waals surface area contributed by atoms with Gasteiger partial charge in [-0.25, -0.2) is 4.79 Å². The highest BCUT2D eigenvalue weighted by molar-refractivity contribution is 6.99. The second-order valence-electron chi connectivity index (χ2n) is 16.9. The van der Waals surface area contributed by atoms with Crippen LogP contribution in [0.1, 0.15) is 70.3 Å². The lowest BCUT2D eigenvalue weighted by Gasteiger charge is -2.44. The van der Waals surface area contributed by atoms with Gasteiger partial charge in [0.1, 0.15) is 18.0 Å². The molecule has 298 valence electrons. The summed E-state index contributed by atoms with van der Waals surface area (Å²) in [5.74, 6) is 0.174. The summed E-state index contributed by atoms with van der Waals surface area (Å²) in [6.45, 7) is 17.5. The molecule has 0 saturated heterocycles. The fourth-order valence-electron chi connectivity index (χ4n) is 6.57. The van der Waals surface area contributed by atoms with Gasteiger partial charge in [-0.05, 0) is 63.4 Å². The number of carbonyl (C=O) groups excluding carboxylic acids is 1. The van der Waals surface area contributed by atoms with E-state index < -0.39 is 47.0 Å². The van der Waals surface area contributed by atoms with Gasteiger partial charge in [-0.2, -0.15) is 0 Å². The molecular formula is C45H62O8Si2. The summed E-state index contributed by atoms with van der Waals surface area (Å²) in [4.78, 5) is 13.2. The second-order valence-corrected chi connectivity index (χ2v) is 26.0. The highest BCUT2D eigenvalue weighted by atomic mass is 28.4. The van der Waals surface area contributed by atoms with Crippen molar-refractivity contribution < 1.29 is 38.1 Å². The molecule has 0 heterocycles. The van der Waals surface area contributed by atoms with Crippen LogP contribution in [0.5, 0.6) is 5.75 Å². The average molecular weight is 787 g/mol. The van der Waals surface area contributed by atoms with Crippen molar-refractivity contribution in [2.45, 2.75) is 102 Å². The fraction of sp³-hybridized carbons (Fsp3) is 0.444. The number of hydrogen-bond donors (Lipinski definition) is 2. The number of aliphatic hydroxyl groups is 2. The number of rotatable bonds is 19. The molecule has 0 spiro atoms. The topological polar surface area (TPSA) is 104 Å². The molecule has 0 aromatic heterocycles. The summed E-state index contributed by atoms with van der Waals surface area (Å²) in [5.41, 5.74) is -0.549. The van der Waals surface area contributed by atoms with Crippen LogP contribution in [0.4, 0.5) is 0 Å². The summed E-state index contributed by atoms with van der Waals surface area (Å²) in [7, 11) is -3.70. The molecule has 0 radical (unpaired) electrons. The third kappa shape index (κ3) is 11.5. The first-order chi connectivity index (χ1) is 25.9. The number of benzene rings is 4. The minimum Gasteiger partial charge on any atom is -0.497 e. The van der Waals surface area contributed by atoms with Crippen LogP contribution in [0.25, 0.3) is 0 Å². The Morgan fingerprint density at radius 3 is 1.76 bits per heavy atom. The van der Waals surface area contributed by atoms with Crippen molar-refractivity contribution in [3.05, 3.63) is 126 Å². The first-order valence-corrected chi connectivity index (χ1v) is 24.0. The number of esters is 1. The average Bonchev–Trinajstić information content (AvgIpc) is 3.15. The number of carbonyl (C=O) groups is 1. The number of aliphatic hydroxyl groups excluding tert-OH is 1. The van der Waals surface area contributed by atoms with Gasteiger partial charge in [-0.3, -0.25) is 0 Å². The van der Waals surface area contributed by atoms with E-state index in [2.05, 4.69) is 78.9 Å². The first-order valence-electron chi connectivity index (χ1n) is 19.2. The molecule has 8 nitrogen and oxygen atoms in total. The van der Waals surface area contributed by atoms with Gasteiger partial charge in [-0.15, -0.1) is 0 Å². The van der Waals surface area contributed by atoms with E-state index in [1.54, 1.807) is 31.4 Å². The minimum atomic E-state index is -2.97. The Morgan fingerprint density at radius 1 is 0.745 bits per heavy atom. The van der Waals surface area contributed by atoms with Gasteiger partial charge >= 0.3 is 5.97 Å². The highest BCUT2D eigenvalue weighted by Gasteiger charge is 2.51. The lowest BCUT2D eigenvalue weighted by Crippen LogP contribution is -2.67. The Labute approximate surface area is 331 Å². The van der Waals surface area contributed by atoms with Crippen molar-refractivity contribution in [3.63, 3.8) is 0 Å². The number of hydrogen-bond acceptors (Lipinski definition) is 8. The number of methoxy groups -OCH3 is 1. The van der Waals surface area contributed by atoms with E-state index in [9.17, 15) is 15.0 Å². The quantitative estimate of drug-likeness (QED) is 0.0731. The molecule has 0 saturated carbocycles. The molecule has 0 aliphatic heterocycles. The maximum atomic E-state index is 13.2. The van der Waals surface area contributed by atoms with Gasteiger partial charge in [0.25, 0.3) is 8.32 Å². The summed E-state index contributed by atoms with van der Waals surface area (Å²) >= 11 is 0. The Morgan fingerprint density at radius 2 is 1.27 bits per heavy atom. The molecule has 2 N–H and O–H groups in total. The molecule has 4 aromatic rings. The number of ether oxygens (including phenoxy) is 3. The zero-order valence-electron chi connectivity index (χ0n) is 34.2. The molecule has 0 amide bonds. The molecule has 0 fully saturated rings. The lowest BCUT2D eigenvalue weighted by molar-refractivity contribution is -0.131. The highest BCUT2D eigenvalue weighted by Crippen LogP contribution is 2.39. The third-order valence-corrected chi connectivity index (χ3v) is 20.4. The van der Waals surface area contributed by atoms with Gasteiger partial charge in [0, 0.05) is 19.4 Å². The molecule has 4 rings (SSSR count). The zero-order chi connectivity index (χ0) is 40.3. The van der Waals surface area contributed by atoms with Crippen molar-refractivity contribution >= 4 is 33.0 Å². The standard InChI is InChI=1S/C45H62O8Si2/c1-43(2,3)54(8,9)53-38(33-50-32-35-25-27-37(49-7)28-26-35)31-41(46)45(48,34-51-42(47)36-19-13-10-14-20-36)29-30-52-55(44(4,5)6,39-21-15-11-16-22-39)40-23-17-12-18-24-40/h10-28,38,41,46,48H,29-34H2,1-9H3/t38-,41+,45+/m0/s1. The van der Waals surface area contributed by atoms with Crippen LogP contribution in [0.2, 0.25) is 23.2 Å². The SMILES string of the molecule is COc1ccc(COC[C@H](C[C@@H](O)[C@@](O)(CCO[Si](c2ccccc2)(c2ccccc2)C(C)(C)C)COC(=O)c2ccccc2)O[Si](C)(C)C(C)(C)C)cc1. The molecule has 0 aliphatic carbocycles.